The Morgan fingerprint density at radius 3 is 2.50 bits per heavy atom. The van der Waals surface area contributed by atoms with Gasteiger partial charge >= 0.3 is 0 Å². The maximum Gasteiger partial charge on any atom is 0.295 e. The molecule has 1 aromatic carbocycles. The zero-order valence-corrected chi connectivity index (χ0v) is 14.7. The van der Waals surface area contributed by atoms with Crippen LogP contribution in [0.25, 0.3) is 11.3 Å². The number of anilines is 1. The highest BCUT2D eigenvalue weighted by Gasteiger charge is 2.30. The zero-order chi connectivity index (χ0) is 17.9. The molecular weight excluding hydrogens is 330 g/mol. The molecular formula is C20H23N3O3. The fourth-order valence-corrected chi connectivity index (χ4v) is 4.05. The van der Waals surface area contributed by atoms with Crippen LogP contribution in [-0.4, -0.2) is 35.7 Å². The Balaban J connectivity index is 1.55. The first kappa shape index (κ1) is 17.0. The van der Waals surface area contributed by atoms with Crippen LogP contribution in [0.4, 0.5) is 11.5 Å². The average Bonchev–Trinajstić information content (AvgIpc) is 3.23. The largest absolute Gasteiger partial charge is 0.378 e. The maximum atomic E-state index is 11.4. The van der Waals surface area contributed by atoms with Crippen molar-refractivity contribution in [2.75, 3.05) is 24.6 Å². The molecule has 2 aliphatic heterocycles. The number of hydrogen-bond donors (Lipinski definition) is 0. The summed E-state index contributed by atoms with van der Waals surface area (Å²) in [6.07, 6.45) is 4.95. The normalized spacial score (nSPS) is 21.1. The predicted octanol–water partition coefficient (Wildman–Crippen LogP) is 4.05. The molecule has 2 fully saturated rings. The molecule has 2 aromatic rings. The topological polar surface area (TPSA) is 68.5 Å². The lowest BCUT2D eigenvalue weighted by Gasteiger charge is -2.35. The second-order valence-corrected chi connectivity index (χ2v) is 7.04. The van der Waals surface area contributed by atoms with Crippen LogP contribution >= 0.6 is 0 Å². The van der Waals surface area contributed by atoms with Gasteiger partial charge in [0.15, 0.2) is 5.69 Å². The van der Waals surface area contributed by atoms with E-state index in [9.17, 15) is 10.1 Å². The molecule has 4 rings (SSSR count). The average molecular weight is 353 g/mol. The lowest BCUT2D eigenvalue weighted by Crippen LogP contribution is -2.38. The summed E-state index contributed by atoms with van der Waals surface area (Å²) < 4.78 is 5.84. The molecule has 6 nitrogen and oxygen atoms in total. The van der Waals surface area contributed by atoms with Crippen molar-refractivity contribution in [2.45, 2.75) is 31.8 Å². The van der Waals surface area contributed by atoms with Crippen LogP contribution in [0.2, 0.25) is 0 Å². The molecule has 0 bridgehead atoms. The highest BCUT2D eigenvalue weighted by atomic mass is 16.6. The lowest BCUT2D eigenvalue weighted by atomic mass is 9.90. The third kappa shape index (κ3) is 3.42. The summed E-state index contributed by atoms with van der Waals surface area (Å²) in [6, 6.07) is 12.7. The maximum absolute atomic E-state index is 11.4. The van der Waals surface area contributed by atoms with Crippen molar-refractivity contribution in [2.24, 2.45) is 5.92 Å². The Morgan fingerprint density at radius 2 is 1.85 bits per heavy atom. The van der Waals surface area contributed by atoms with Crippen molar-refractivity contribution in [1.29, 1.82) is 0 Å². The van der Waals surface area contributed by atoms with E-state index in [1.54, 1.807) is 12.1 Å². The first-order chi connectivity index (χ1) is 12.7. The molecule has 0 saturated carbocycles. The van der Waals surface area contributed by atoms with Crippen molar-refractivity contribution in [3.63, 3.8) is 0 Å². The summed E-state index contributed by atoms with van der Waals surface area (Å²) in [7, 11) is 0. The van der Waals surface area contributed by atoms with Gasteiger partial charge in [0.05, 0.1) is 11.0 Å². The minimum atomic E-state index is -0.358. The molecule has 0 radical (unpaired) electrons. The zero-order valence-electron chi connectivity index (χ0n) is 14.7. The van der Waals surface area contributed by atoms with Gasteiger partial charge in [0.2, 0.25) is 0 Å². The fraction of sp³-hybridized carbons (Fsp3) is 0.450. The van der Waals surface area contributed by atoms with Crippen molar-refractivity contribution in [3.8, 4) is 11.3 Å². The van der Waals surface area contributed by atoms with Crippen molar-refractivity contribution in [1.82, 2.24) is 4.98 Å². The van der Waals surface area contributed by atoms with Gasteiger partial charge in [-0.05, 0) is 37.7 Å². The Labute approximate surface area is 153 Å². The van der Waals surface area contributed by atoms with E-state index in [2.05, 4.69) is 9.88 Å². The van der Waals surface area contributed by atoms with E-state index in [-0.39, 0.29) is 10.6 Å². The van der Waals surface area contributed by atoms with E-state index in [4.69, 9.17) is 4.74 Å². The summed E-state index contributed by atoms with van der Waals surface area (Å²) >= 11 is 0. The Bertz CT molecular complexity index is 767. The molecule has 0 aliphatic carbocycles. The second-order valence-electron chi connectivity index (χ2n) is 7.04. The molecule has 2 aliphatic rings. The van der Waals surface area contributed by atoms with Crippen LogP contribution < -0.4 is 4.90 Å². The molecule has 0 spiro atoms. The second kappa shape index (κ2) is 7.41. The fourth-order valence-electron chi connectivity index (χ4n) is 4.05. The van der Waals surface area contributed by atoms with Crippen molar-refractivity contribution >= 4 is 11.5 Å². The molecule has 6 heteroatoms. The van der Waals surface area contributed by atoms with Crippen molar-refractivity contribution in [3.05, 3.63) is 52.6 Å². The first-order valence-electron chi connectivity index (χ1n) is 9.30. The lowest BCUT2D eigenvalue weighted by molar-refractivity contribution is -0.384. The van der Waals surface area contributed by atoms with Crippen LogP contribution in [0.1, 0.15) is 25.7 Å². The SMILES string of the molecule is O=[N+]([O-])c1ccc(N2CCC(C3CCCO3)CC2)nc1-c1ccccc1. The molecule has 136 valence electrons. The number of rotatable bonds is 4. The highest BCUT2D eigenvalue weighted by molar-refractivity contribution is 5.71. The molecule has 0 amide bonds. The quantitative estimate of drug-likeness (QED) is 0.613. The Kier molecular flexibility index (Phi) is 4.84. The minimum Gasteiger partial charge on any atom is -0.378 e. The number of pyridine rings is 1. The van der Waals surface area contributed by atoms with Crippen LogP contribution in [0, 0.1) is 16.0 Å². The number of piperidine rings is 1. The smallest absolute Gasteiger partial charge is 0.295 e. The van der Waals surface area contributed by atoms with E-state index in [1.165, 1.54) is 12.8 Å². The number of hydrogen-bond acceptors (Lipinski definition) is 5. The first-order valence-corrected chi connectivity index (χ1v) is 9.30. The van der Waals surface area contributed by atoms with Crippen LogP contribution in [0.5, 0.6) is 0 Å². The van der Waals surface area contributed by atoms with Gasteiger partial charge in [-0.15, -0.1) is 0 Å². The van der Waals surface area contributed by atoms with E-state index in [1.807, 2.05) is 30.3 Å². The monoisotopic (exact) mass is 353 g/mol. The summed E-state index contributed by atoms with van der Waals surface area (Å²) in [5, 5.41) is 11.4. The van der Waals surface area contributed by atoms with Crippen LogP contribution in [-0.2, 0) is 4.74 Å². The van der Waals surface area contributed by atoms with Crippen LogP contribution in [0.15, 0.2) is 42.5 Å². The van der Waals surface area contributed by atoms with Gasteiger partial charge in [-0.25, -0.2) is 4.98 Å². The van der Waals surface area contributed by atoms with Crippen molar-refractivity contribution < 1.29 is 9.66 Å². The molecule has 2 saturated heterocycles. The highest BCUT2D eigenvalue weighted by Crippen LogP contribution is 2.33. The van der Waals surface area contributed by atoms with Gasteiger partial charge in [-0.2, -0.15) is 0 Å². The van der Waals surface area contributed by atoms with Gasteiger partial charge in [-0.1, -0.05) is 30.3 Å². The predicted molar refractivity (Wildman–Crippen MR) is 100 cm³/mol. The molecule has 0 N–H and O–H groups in total. The summed E-state index contributed by atoms with van der Waals surface area (Å²) in [6.45, 7) is 2.74. The summed E-state index contributed by atoms with van der Waals surface area (Å²) in [5.41, 5.74) is 1.26. The Hall–Kier alpha value is -2.47. The number of ether oxygens (including phenoxy) is 1. The number of nitro groups is 1. The Morgan fingerprint density at radius 1 is 1.08 bits per heavy atom. The number of benzene rings is 1. The molecule has 1 aromatic heterocycles. The number of nitrogens with zero attached hydrogens (tertiary/aromatic N) is 3. The molecule has 1 unspecified atom stereocenters. The standard InChI is InChI=1S/C20H23N3O3/c24-23(25)17-8-9-19(21-20(17)16-5-2-1-3-6-16)22-12-10-15(11-13-22)18-7-4-14-26-18/h1-3,5-6,8-9,15,18H,4,7,10-14H2. The number of aromatic nitrogens is 1. The molecule has 26 heavy (non-hydrogen) atoms. The summed E-state index contributed by atoms with van der Waals surface area (Å²) in [5.74, 6) is 1.45. The van der Waals surface area contributed by atoms with E-state index in [0.717, 1.165) is 43.9 Å². The van der Waals surface area contributed by atoms with E-state index in [0.29, 0.717) is 17.7 Å². The minimum absolute atomic E-state index is 0.0502. The van der Waals surface area contributed by atoms with E-state index < -0.39 is 0 Å². The third-order valence-corrected chi connectivity index (χ3v) is 5.46. The molecule has 3 heterocycles. The summed E-state index contributed by atoms with van der Waals surface area (Å²) in [4.78, 5) is 18.0. The van der Waals surface area contributed by atoms with Gasteiger partial charge in [-0.3, -0.25) is 10.1 Å². The third-order valence-electron chi connectivity index (χ3n) is 5.46. The van der Waals surface area contributed by atoms with Gasteiger partial charge < -0.3 is 9.64 Å². The van der Waals surface area contributed by atoms with Gasteiger partial charge in [0, 0.05) is 31.3 Å². The molecule has 1 atom stereocenters. The van der Waals surface area contributed by atoms with Gasteiger partial charge in [0.1, 0.15) is 5.82 Å². The van der Waals surface area contributed by atoms with Crippen LogP contribution in [0.3, 0.4) is 0 Å². The van der Waals surface area contributed by atoms with Gasteiger partial charge in [0.25, 0.3) is 5.69 Å². The van der Waals surface area contributed by atoms with E-state index >= 15 is 0 Å².